The molecule has 2 aromatic rings. The van der Waals surface area contributed by atoms with Crippen molar-refractivity contribution >= 4 is 17.2 Å². The Balaban J connectivity index is 1.67. The molecular formula is C14H18N4O2S. The van der Waals surface area contributed by atoms with Crippen LogP contribution in [0, 0.1) is 0 Å². The van der Waals surface area contributed by atoms with Gasteiger partial charge in [0.2, 0.25) is 11.8 Å². The molecule has 0 aromatic carbocycles. The van der Waals surface area contributed by atoms with Crippen molar-refractivity contribution < 1.29 is 9.32 Å². The first-order valence-corrected chi connectivity index (χ1v) is 8.00. The van der Waals surface area contributed by atoms with Gasteiger partial charge in [-0.2, -0.15) is 4.98 Å². The number of amides is 1. The van der Waals surface area contributed by atoms with Gasteiger partial charge in [-0.1, -0.05) is 18.1 Å². The van der Waals surface area contributed by atoms with E-state index in [1.165, 1.54) is 4.88 Å². The number of thiophene rings is 1. The molecule has 1 aliphatic rings. The van der Waals surface area contributed by atoms with Gasteiger partial charge in [0.25, 0.3) is 0 Å². The number of carbonyl (C=O) groups is 1. The molecule has 1 N–H and O–H groups in total. The number of aromatic nitrogens is 2. The summed E-state index contributed by atoms with van der Waals surface area (Å²) < 4.78 is 5.29. The molecule has 0 bridgehead atoms. The standard InChI is InChI=1S/C14H18N4O2S/c1-2-18-6-5-15-14(19)11(18)9-13-16-12(17-20-13)8-10-4-3-7-21-10/h3-4,7,11H,2,5-6,8-9H2,1H3,(H,15,19). The molecule has 6 nitrogen and oxygen atoms in total. The van der Waals surface area contributed by atoms with Crippen molar-refractivity contribution in [3.63, 3.8) is 0 Å². The number of likely N-dealkylation sites (N-methyl/N-ethyl adjacent to an activating group) is 1. The molecule has 21 heavy (non-hydrogen) atoms. The molecule has 3 rings (SSSR count). The Morgan fingerprint density at radius 2 is 2.48 bits per heavy atom. The lowest BCUT2D eigenvalue weighted by Crippen LogP contribution is -2.55. The van der Waals surface area contributed by atoms with Crippen LogP contribution in [0.3, 0.4) is 0 Å². The molecule has 2 aromatic heterocycles. The van der Waals surface area contributed by atoms with Crippen LogP contribution >= 0.6 is 11.3 Å². The summed E-state index contributed by atoms with van der Waals surface area (Å²) in [6.07, 6.45) is 1.15. The Morgan fingerprint density at radius 3 is 3.24 bits per heavy atom. The zero-order valence-electron chi connectivity index (χ0n) is 11.9. The predicted molar refractivity (Wildman–Crippen MR) is 79.2 cm³/mol. The summed E-state index contributed by atoms with van der Waals surface area (Å²) in [5.41, 5.74) is 0. The average Bonchev–Trinajstić information content (AvgIpc) is 3.14. The summed E-state index contributed by atoms with van der Waals surface area (Å²) in [5, 5.41) is 8.92. The molecule has 1 fully saturated rings. The Labute approximate surface area is 127 Å². The highest BCUT2D eigenvalue weighted by atomic mass is 32.1. The topological polar surface area (TPSA) is 71.3 Å². The molecule has 3 heterocycles. The van der Waals surface area contributed by atoms with Crippen LogP contribution in [0.2, 0.25) is 0 Å². The number of piperazine rings is 1. The first-order valence-electron chi connectivity index (χ1n) is 7.12. The maximum atomic E-state index is 12.0. The van der Waals surface area contributed by atoms with Gasteiger partial charge in [-0.3, -0.25) is 9.69 Å². The van der Waals surface area contributed by atoms with Crippen LogP contribution in [-0.4, -0.2) is 46.6 Å². The van der Waals surface area contributed by atoms with E-state index in [0.717, 1.165) is 13.1 Å². The molecule has 1 saturated heterocycles. The summed E-state index contributed by atoms with van der Waals surface area (Å²) in [4.78, 5) is 19.7. The number of hydrogen-bond donors (Lipinski definition) is 1. The molecule has 0 spiro atoms. The summed E-state index contributed by atoms with van der Waals surface area (Å²) in [5.74, 6) is 1.25. The predicted octanol–water partition coefficient (Wildman–Crippen LogP) is 1.08. The summed E-state index contributed by atoms with van der Waals surface area (Å²) in [6.45, 7) is 4.47. The fourth-order valence-corrected chi connectivity index (χ4v) is 3.24. The van der Waals surface area contributed by atoms with Crippen LogP contribution < -0.4 is 5.32 Å². The lowest BCUT2D eigenvalue weighted by atomic mass is 10.1. The second kappa shape index (κ2) is 6.36. The van der Waals surface area contributed by atoms with E-state index >= 15 is 0 Å². The molecule has 1 aliphatic heterocycles. The van der Waals surface area contributed by atoms with Crippen molar-refractivity contribution in [2.24, 2.45) is 0 Å². The minimum absolute atomic E-state index is 0.0427. The van der Waals surface area contributed by atoms with E-state index in [9.17, 15) is 4.79 Å². The van der Waals surface area contributed by atoms with Crippen molar-refractivity contribution in [1.29, 1.82) is 0 Å². The fourth-order valence-electron chi connectivity index (χ4n) is 2.54. The molecule has 0 aliphatic carbocycles. The highest BCUT2D eigenvalue weighted by molar-refractivity contribution is 7.09. The summed E-state index contributed by atoms with van der Waals surface area (Å²) >= 11 is 1.67. The van der Waals surface area contributed by atoms with E-state index in [0.29, 0.717) is 31.1 Å². The van der Waals surface area contributed by atoms with Gasteiger partial charge in [-0.25, -0.2) is 0 Å². The average molecular weight is 306 g/mol. The van der Waals surface area contributed by atoms with Gasteiger partial charge < -0.3 is 9.84 Å². The molecule has 112 valence electrons. The van der Waals surface area contributed by atoms with Gasteiger partial charge in [0.1, 0.15) is 0 Å². The summed E-state index contributed by atoms with van der Waals surface area (Å²) in [6, 6.07) is 3.85. The number of rotatable bonds is 5. The van der Waals surface area contributed by atoms with Crippen LogP contribution in [0.4, 0.5) is 0 Å². The van der Waals surface area contributed by atoms with E-state index in [1.807, 2.05) is 17.5 Å². The first-order chi connectivity index (χ1) is 10.3. The molecule has 1 amide bonds. The quantitative estimate of drug-likeness (QED) is 0.895. The van der Waals surface area contributed by atoms with Gasteiger partial charge in [0.05, 0.1) is 12.5 Å². The number of nitrogens with one attached hydrogen (secondary N) is 1. The SMILES string of the molecule is CCN1CCNC(=O)C1Cc1nc(Cc2cccs2)no1. The second-order valence-corrected chi connectivity index (χ2v) is 6.03. The van der Waals surface area contributed by atoms with Gasteiger partial charge >= 0.3 is 0 Å². The molecule has 7 heteroatoms. The third-order valence-corrected chi connectivity index (χ3v) is 4.51. The minimum atomic E-state index is -0.209. The van der Waals surface area contributed by atoms with Crippen molar-refractivity contribution in [3.05, 3.63) is 34.1 Å². The van der Waals surface area contributed by atoms with Gasteiger partial charge in [0, 0.05) is 24.4 Å². The molecule has 1 atom stereocenters. The Kier molecular flexibility index (Phi) is 4.31. The van der Waals surface area contributed by atoms with Crippen LogP contribution in [-0.2, 0) is 17.6 Å². The second-order valence-electron chi connectivity index (χ2n) is 5.00. The lowest BCUT2D eigenvalue weighted by Gasteiger charge is -2.33. The van der Waals surface area contributed by atoms with Crippen molar-refractivity contribution in [1.82, 2.24) is 20.4 Å². The van der Waals surface area contributed by atoms with Crippen LogP contribution in [0.15, 0.2) is 22.0 Å². The smallest absolute Gasteiger partial charge is 0.237 e. The van der Waals surface area contributed by atoms with Gasteiger partial charge in [-0.05, 0) is 18.0 Å². The van der Waals surface area contributed by atoms with E-state index in [2.05, 4.69) is 27.3 Å². The lowest BCUT2D eigenvalue weighted by molar-refractivity contribution is -0.129. The third-order valence-electron chi connectivity index (χ3n) is 3.64. The monoisotopic (exact) mass is 306 g/mol. The number of nitrogens with zero attached hydrogens (tertiary/aromatic N) is 3. The maximum absolute atomic E-state index is 12.0. The molecule has 0 radical (unpaired) electrons. The maximum Gasteiger partial charge on any atom is 0.237 e. The largest absolute Gasteiger partial charge is 0.353 e. The van der Waals surface area contributed by atoms with Crippen molar-refractivity contribution in [2.75, 3.05) is 19.6 Å². The van der Waals surface area contributed by atoms with E-state index < -0.39 is 0 Å². The minimum Gasteiger partial charge on any atom is -0.353 e. The molecule has 1 unspecified atom stereocenters. The highest BCUT2D eigenvalue weighted by Gasteiger charge is 2.30. The number of hydrogen-bond acceptors (Lipinski definition) is 6. The Hall–Kier alpha value is -1.73. The zero-order chi connectivity index (χ0) is 14.7. The van der Waals surface area contributed by atoms with Crippen LogP contribution in [0.5, 0.6) is 0 Å². The zero-order valence-corrected chi connectivity index (χ0v) is 12.7. The Bertz CT molecular complexity index is 596. The van der Waals surface area contributed by atoms with Crippen molar-refractivity contribution in [2.45, 2.75) is 25.8 Å². The van der Waals surface area contributed by atoms with Crippen molar-refractivity contribution in [3.8, 4) is 0 Å². The van der Waals surface area contributed by atoms with E-state index in [1.54, 1.807) is 11.3 Å². The number of carbonyl (C=O) groups excluding carboxylic acids is 1. The third kappa shape index (κ3) is 3.30. The normalized spacial score (nSPS) is 19.7. The van der Waals surface area contributed by atoms with Gasteiger partial charge in [-0.15, -0.1) is 11.3 Å². The molecule has 0 saturated carbocycles. The molecular weight excluding hydrogens is 288 g/mol. The van der Waals surface area contributed by atoms with Crippen LogP contribution in [0.1, 0.15) is 23.5 Å². The first kappa shape index (κ1) is 14.2. The summed E-state index contributed by atoms with van der Waals surface area (Å²) in [7, 11) is 0. The van der Waals surface area contributed by atoms with E-state index in [4.69, 9.17) is 4.52 Å². The van der Waals surface area contributed by atoms with Crippen LogP contribution in [0.25, 0.3) is 0 Å². The van der Waals surface area contributed by atoms with Gasteiger partial charge in [0.15, 0.2) is 5.82 Å². The highest BCUT2D eigenvalue weighted by Crippen LogP contribution is 2.15. The fraction of sp³-hybridized carbons (Fsp3) is 0.500. The Morgan fingerprint density at radius 1 is 1.57 bits per heavy atom. The van der Waals surface area contributed by atoms with E-state index in [-0.39, 0.29) is 11.9 Å².